The number of hydrogen-bond donors (Lipinski definition) is 1. The molecule has 0 aromatic heterocycles. The molecule has 5 heteroatoms. The van der Waals surface area contributed by atoms with Crippen LogP contribution in [0.5, 0.6) is 5.75 Å². The molecule has 2 aromatic carbocycles. The minimum Gasteiger partial charge on any atom is -0.496 e. The molecule has 0 unspecified atom stereocenters. The lowest BCUT2D eigenvalue weighted by molar-refractivity contribution is 0.0939. The van der Waals surface area contributed by atoms with Gasteiger partial charge in [0.15, 0.2) is 0 Å². The minimum absolute atomic E-state index is 0.0512. The van der Waals surface area contributed by atoms with Crippen LogP contribution in [0.3, 0.4) is 0 Å². The molecule has 0 saturated heterocycles. The molecule has 0 heterocycles. The first-order valence-electron chi connectivity index (χ1n) is 7.89. The summed E-state index contributed by atoms with van der Waals surface area (Å²) >= 11 is 7.59. The zero-order valence-corrected chi connectivity index (χ0v) is 15.7. The Morgan fingerprint density at radius 2 is 1.96 bits per heavy atom. The normalized spacial score (nSPS) is 11.8. The van der Waals surface area contributed by atoms with Gasteiger partial charge in [0.25, 0.3) is 5.91 Å². The lowest BCUT2D eigenvalue weighted by atomic mass is 10.1. The smallest absolute Gasteiger partial charge is 0.251 e. The zero-order valence-electron chi connectivity index (χ0n) is 14.1. The van der Waals surface area contributed by atoms with Crippen molar-refractivity contribution >= 4 is 29.3 Å². The average molecular weight is 364 g/mol. The number of methoxy groups -OCH3 is 1. The van der Waals surface area contributed by atoms with Crippen molar-refractivity contribution in [2.75, 3.05) is 7.11 Å². The molecule has 128 valence electrons. The number of carbonyl (C=O) groups is 1. The molecule has 1 amide bonds. The molecule has 1 N–H and O–H groups in total. The van der Waals surface area contributed by atoms with Gasteiger partial charge in [-0.3, -0.25) is 4.79 Å². The highest BCUT2D eigenvalue weighted by Crippen LogP contribution is 2.29. The molecule has 0 aliphatic carbocycles. The summed E-state index contributed by atoms with van der Waals surface area (Å²) in [4.78, 5) is 13.4. The Labute approximate surface area is 152 Å². The van der Waals surface area contributed by atoms with Gasteiger partial charge in [0.05, 0.1) is 7.11 Å². The van der Waals surface area contributed by atoms with Crippen LogP contribution in [0.4, 0.5) is 0 Å². The van der Waals surface area contributed by atoms with Gasteiger partial charge in [-0.25, -0.2) is 0 Å². The number of benzene rings is 2. The molecule has 24 heavy (non-hydrogen) atoms. The summed E-state index contributed by atoms with van der Waals surface area (Å²) < 4.78 is 5.42. The fourth-order valence-electron chi connectivity index (χ4n) is 2.13. The van der Waals surface area contributed by atoms with E-state index in [4.69, 9.17) is 16.3 Å². The highest BCUT2D eigenvalue weighted by Gasteiger charge is 2.12. The van der Waals surface area contributed by atoms with Crippen molar-refractivity contribution in [3.63, 3.8) is 0 Å². The third kappa shape index (κ3) is 5.18. The van der Waals surface area contributed by atoms with E-state index >= 15 is 0 Å². The molecule has 0 aliphatic rings. The van der Waals surface area contributed by atoms with Crippen LogP contribution in [0.1, 0.15) is 36.2 Å². The molecule has 0 saturated carbocycles. The molecular formula is C19H22ClNO2S. The minimum atomic E-state index is -0.0512. The first-order valence-corrected chi connectivity index (χ1v) is 9.26. The van der Waals surface area contributed by atoms with E-state index in [1.165, 1.54) is 0 Å². The maximum absolute atomic E-state index is 12.3. The van der Waals surface area contributed by atoms with Crippen LogP contribution in [0.2, 0.25) is 5.02 Å². The molecule has 2 aromatic rings. The summed E-state index contributed by atoms with van der Waals surface area (Å²) in [6, 6.07) is 13.4. The van der Waals surface area contributed by atoms with E-state index in [0.29, 0.717) is 5.56 Å². The third-order valence-corrected chi connectivity index (χ3v) is 5.05. The van der Waals surface area contributed by atoms with Gasteiger partial charge >= 0.3 is 0 Å². The Morgan fingerprint density at radius 1 is 1.25 bits per heavy atom. The predicted molar refractivity (Wildman–Crippen MR) is 101 cm³/mol. The van der Waals surface area contributed by atoms with Gasteiger partial charge in [0.1, 0.15) is 5.75 Å². The molecule has 0 fully saturated rings. The van der Waals surface area contributed by atoms with Crippen LogP contribution in [-0.2, 0) is 5.75 Å². The van der Waals surface area contributed by atoms with Crippen molar-refractivity contribution in [2.45, 2.75) is 37.0 Å². The highest BCUT2D eigenvalue weighted by atomic mass is 35.5. The number of ether oxygens (including phenoxy) is 1. The Morgan fingerprint density at radius 3 is 2.58 bits per heavy atom. The van der Waals surface area contributed by atoms with Gasteiger partial charge in [-0.05, 0) is 55.8 Å². The van der Waals surface area contributed by atoms with E-state index in [0.717, 1.165) is 33.4 Å². The second-order valence-electron chi connectivity index (χ2n) is 5.55. The molecule has 0 spiro atoms. The molecule has 2 rings (SSSR count). The molecule has 0 aliphatic heterocycles. The van der Waals surface area contributed by atoms with Crippen molar-refractivity contribution in [2.24, 2.45) is 0 Å². The van der Waals surface area contributed by atoms with E-state index < -0.39 is 0 Å². The Kier molecular flexibility index (Phi) is 7.00. The van der Waals surface area contributed by atoms with Crippen LogP contribution in [0.25, 0.3) is 0 Å². The average Bonchev–Trinajstić information content (AvgIpc) is 2.60. The molecular weight excluding hydrogens is 342 g/mol. The van der Waals surface area contributed by atoms with Gasteiger partial charge in [-0.15, -0.1) is 11.8 Å². The maximum Gasteiger partial charge on any atom is 0.251 e. The van der Waals surface area contributed by atoms with Crippen molar-refractivity contribution in [3.05, 3.63) is 58.6 Å². The first-order chi connectivity index (χ1) is 11.5. The Bertz CT molecular complexity index is 688. The number of halogens is 1. The van der Waals surface area contributed by atoms with Gasteiger partial charge in [0, 0.05) is 32.8 Å². The zero-order chi connectivity index (χ0) is 17.5. The largest absolute Gasteiger partial charge is 0.496 e. The third-order valence-electron chi connectivity index (χ3n) is 3.74. The van der Waals surface area contributed by atoms with Crippen molar-refractivity contribution in [1.82, 2.24) is 5.32 Å². The SMILES string of the molecule is CC[C@H](C)NC(=O)c1ccc(OC)c(CSc2ccc(Cl)cc2)c1. The predicted octanol–water partition coefficient (Wildman–Crippen LogP) is 5.17. The summed E-state index contributed by atoms with van der Waals surface area (Å²) in [6.07, 6.45) is 0.904. The number of hydrogen-bond acceptors (Lipinski definition) is 3. The van der Waals surface area contributed by atoms with E-state index in [1.807, 2.05) is 50.2 Å². The number of rotatable bonds is 7. The van der Waals surface area contributed by atoms with E-state index in [1.54, 1.807) is 24.9 Å². The molecule has 0 bridgehead atoms. The lowest BCUT2D eigenvalue weighted by Gasteiger charge is -2.14. The van der Waals surface area contributed by atoms with E-state index in [9.17, 15) is 4.79 Å². The quantitative estimate of drug-likeness (QED) is 0.689. The molecule has 0 radical (unpaired) electrons. The maximum atomic E-state index is 12.3. The molecule has 3 nitrogen and oxygen atoms in total. The number of amides is 1. The van der Waals surface area contributed by atoms with Crippen LogP contribution in [0.15, 0.2) is 47.4 Å². The summed E-state index contributed by atoms with van der Waals surface area (Å²) in [7, 11) is 1.64. The van der Waals surface area contributed by atoms with Crippen LogP contribution >= 0.6 is 23.4 Å². The van der Waals surface area contributed by atoms with Crippen molar-refractivity contribution in [3.8, 4) is 5.75 Å². The van der Waals surface area contributed by atoms with Crippen LogP contribution in [0, 0.1) is 0 Å². The lowest BCUT2D eigenvalue weighted by Crippen LogP contribution is -2.31. The van der Waals surface area contributed by atoms with Crippen LogP contribution < -0.4 is 10.1 Å². The fraction of sp³-hybridized carbons (Fsp3) is 0.316. The second kappa shape index (κ2) is 9.00. The first kappa shape index (κ1) is 18.7. The monoisotopic (exact) mass is 363 g/mol. The fourth-order valence-corrected chi connectivity index (χ4v) is 3.14. The summed E-state index contributed by atoms with van der Waals surface area (Å²) in [5.74, 6) is 1.45. The summed E-state index contributed by atoms with van der Waals surface area (Å²) in [6.45, 7) is 4.05. The highest BCUT2D eigenvalue weighted by molar-refractivity contribution is 7.98. The van der Waals surface area contributed by atoms with Gasteiger partial charge in [-0.1, -0.05) is 18.5 Å². The number of nitrogens with one attached hydrogen (secondary N) is 1. The standard InChI is InChI=1S/C19H22ClNO2S/c1-4-13(2)21-19(22)14-5-10-18(23-3)15(11-14)12-24-17-8-6-16(20)7-9-17/h5-11,13H,4,12H2,1-3H3,(H,21,22)/t13-/m0/s1. The topological polar surface area (TPSA) is 38.3 Å². The summed E-state index contributed by atoms with van der Waals surface area (Å²) in [5.41, 5.74) is 1.65. The summed E-state index contributed by atoms with van der Waals surface area (Å²) in [5, 5.41) is 3.71. The molecule has 1 atom stereocenters. The van der Waals surface area contributed by atoms with Crippen molar-refractivity contribution < 1.29 is 9.53 Å². The van der Waals surface area contributed by atoms with Gasteiger partial charge < -0.3 is 10.1 Å². The Hall–Kier alpha value is -1.65. The number of carbonyl (C=O) groups excluding carboxylic acids is 1. The van der Waals surface area contributed by atoms with Gasteiger partial charge in [0.2, 0.25) is 0 Å². The second-order valence-corrected chi connectivity index (χ2v) is 7.04. The Balaban J connectivity index is 2.13. The van der Waals surface area contributed by atoms with E-state index in [2.05, 4.69) is 5.32 Å². The van der Waals surface area contributed by atoms with Crippen molar-refractivity contribution in [1.29, 1.82) is 0 Å². The van der Waals surface area contributed by atoms with Crippen LogP contribution in [-0.4, -0.2) is 19.1 Å². The number of thioether (sulfide) groups is 1. The van der Waals surface area contributed by atoms with Gasteiger partial charge in [-0.2, -0.15) is 0 Å². The van der Waals surface area contributed by atoms with E-state index in [-0.39, 0.29) is 11.9 Å².